The van der Waals surface area contributed by atoms with Gasteiger partial charge < -0.3 is 15.2 Å². The van der Waals surface area contributed by atoms with E-state index in [1.54, 1.807) is 4.90 Å². The minimum atomic E-state index is -3.59. The number of imidazole rings is 1. The number of nitrogens with zero attached hydrogens (tertiary/aromatic N) is 3. The Morgan fingerprint density at radius 3 is 2.68 bits per heavy atom. The van der Waals surface area contributed by atoms with Crippen molar-refractivity contribution in [3.8, 4) is 0 Å². The number of hydrogen-bond donors (Lipinski definition) is 2. The van der Waals surface area contributed by atoms with Gasteiger partial charge in [-0.15, -0.1) is 0 Å². The van der Waals surface area contributed by atoms with Gasteiger partial charge in [-0.25, -0.2) is 18.2 Å². The molecule has 1 aromatic carbocycles. The smallest absolute Gasteiger partial charge is 0.317 e. The van der Waals surface area contributed by atoms with Crippen molar-refractivity contribution in [2.45, 2.75) is 18.0 Å². The number of rotatable bonds is 4. The number of aromatic amines is 1. The predicted molar refractivity (Wildman–Crippen MR) is 92.2 cm³/mol. The third-order valence-corrected chi connectivity index (χ3v) is 5.94. The van der Waals surface area contributed by atoms with Gasteiger partial charge in [-0.3, -0.25) is 0 Å². The Morgan fingerprint density at radius 1 is 1.16 bits per heavy atom. The third kappa shape index (κ3) is 4.18. The average Bonchev–Trinajstić information content (AvgIpc) is 3.06. The summed E-state index contributed by atoms with van der Waals surface area (Å²) in [5, 5.41) is 2.96. The highest BCUT2D eigenvalue weighted by molar-refractivity contribution is 7.89. The molecule has 2 heterocycles. The molecule has 1 aromatic heterocycles. The fraction of sp³-hybridized carbons (Fsp3) is 0.375. The lowest BCUT2D eigenvalue weighted by molar-refractivity contribution is 0.200. The van der Waals surface area contributed by atoms with E-state index in [9.17, 15) is 13.2 Å². The number of urea groups is 1. The van der Waals surface area contributed by atoms with E-state index in [2.05, 4.69) is 15.3 Å². The highest BCUT2D eigenvalue weighted by Crippen LogP contribution is 2.15. The number of nitrogens with one attached hydrogen (secondary N) is 2. The molecule has 25 heavy (non-hydrogen) atoms. The number of aromatic nitrogens is 2. The summed E-state index contributed by atoms with van der Waals surface area (Å²) in [6.45, 7) is 1.97. The zero-order valence-electron chi connectivity index (χ0n) is 13.8. The predicted octanol–water partition coefficient (Wildman–Crippen LogP) is 1.02. The van der Waals surface area contributed by atoms with Gasteiger partial charge in [0.1, 0.15) is 0 Å². The van der Waals surface area contributed by atoms with Crippen LogP contribution in [0, 0.1) is 0 Å². The van der Waals surface area contributed by atoms with Gasteiger partial charge >= 0.3 is 6.03 Å². The van der Waals surface area contributed by atoms with Crippen molar-refractivity contribution in [2.75, 3.05) is 26.2 Å². The van der Waals surface area contributed by atoms with Gasteiger partial charge in [0.2, 0.25) is 0 Å². The van der Waals surface area contributed by atoms with Crippen molar-refractivity contribution in [1.29, 1.82) is 0 Å². The van der Waals surface area contributed by atoms with Crippen molar-refractivity contribution in [3.05, 3.63) is 48.4 Å². The Bertz CT molecular complexity index is 792. The number of sulfonamides is 1. The Morgan fingerprint density at radius 2 is 1.96 bits per heavy atom. The summed E-state index contributed by atoms with van der Waals surface area (Å²) in [5.74, 6) is 0. The summed E-state index contributed by atoms with van der Waals surface area (Å²) in [5.41, 5.74) is 1.02. The van der Waals surface area contributed by atoms with Crippen LogP contribution in [0.3, 0.4) is 0 Å². The second kappa shape index (κ2) is 7.66. The van der Waals surface area contributed by atoms with E-state index < -0.39 is 10.0 Å². The van der Waals surface area contributed by atoms with E-state index in [-0.39, 0.29) is 17.6 Å². The van der Waals surface area contributed by atoms with Gasteiger partial charge in [-0.2, -0.15) is 4.31 Å². The average molecular weight is 363 g/mol. The molecule has 3 rings (SSSR count). The molecule has 0 saturated carbocycles. The quantitative estimate of drug-likeness (QED) is 0.847. The number of amides is 2. The molecule has 1 saturated heterocycles. The molecule has 0 spiro atoms. The maximum Gasteiger partial charge on any atom is 0.317 e. The van der Waals surface area contributed by atoms with Crippen LogP contribution in [0.25, 0.3) is 0 Å². The molecule has 0 bridgehead atoms. The van der Waals surface area contributed by atoms with Crippen LogP contribution in [0.1, 0.15) is 12.0 Å². The number of H-pyrrole nitrogens is 1. The lowest BCUT2D eigenvalue weighted by Crippen LogP contribution is -2.42. The van der Waals surface area contributed by atoms with Crippen molar-refractivity contribution in [3.63, 3.8) is 0 Å². The van der Waals surface area contributed by atoms with Crippen LogP contribution in [-0.2, 0) is 16.6 Å². The molecule has 0 radical (unpaired) electrons. The van der Waals surface area contributed by atoms with Crippen molar-refractivity contribution >= 4 is 16.1 Å². The Balaban J connectivity index is 1.57. The molecule has 2 aromatic rings. The maximum atomic E-state index is 12.5. The van der Waals surface area contributed by atoms with E-state index in [4.69, 9.17) is 0 Å². The fourth-order valence-electron chi connectivity index (χ4n) is 2.75. The van der Waals surface area contributed by atoms with Gasteiger partial charge in [-0.1, -0.05) is 30.3 Å². The minimum Gasteiger partial charge on any atom is -0.335 e. The molecule has 134 valence electrons. The largest absolute Gasteiger partial charge is 0.335 e. The van der Waals surface area contributed by atoms with Gasteiger partial charge in [-0.05, 0) is 12.0 Å². The standard InChI is InChI=1S/C16H21N5O3S/c22-16(18-11-14-5-2-1-3-6-14)20-7-4-8-21(10-9-20)25(23,24)15-12-17-13-19-15/h1-3,5-6,12-13H,4,7-11H2,(H,17,19)(H,18,22). The molecular formula is C16H21N5O3S. The molecule has 9 heteroatoms. The molecule has 0 atom stereocenters. The zero-order valence-corrected chi connectivity index (χ0v) is 14.6. The van der Waals surface area contributed by atoms with Gasteiger partial charge in [0.15, 0.2) is 5.03 Å². The summed E-state index contributed by atoms with van der Waals surface area (Å²) in [4.78, 5) is 20.4. The number of carbonyl (C=O) groups excluding carboxylic acids is 1. The fourth-order valence-corrected chi connectivity index (χ4v) is 4.11. The van der Waals surface area contributed by atoms with E-state index in [0.29, 0.717) is 32.6 Å². The molecule has 1 fully saturated rings. The highest BCUT2D eigenvalue weighted by Gasteiger charge is 2.29. The normalized spacial score (nSPS) is 16.4. The second-order valence-electron chi connectivity index (χ2n) is 5.80. The maximum absolute atomic E-state index is 12.5. The molecule has 1 aliphatic heterocycles. The zero-order chi connectivity index (χ0) is 17.7. The van der Waals surface area contributed by atoms with Crippen molar-refractivity contribution in [2.24, 2.45) is 0 Å². The summed E-state index contributed by atoms with van der Waals surface area (Å²) < 4.78 is 26.4. The first-order valence-corrected chi connectivity index (χ1v) is 9.56. The Kier molecular flexibility index (Phi) is 5.34. The third-order valence-electron chi connectivity index (χ3n) is 4.12. The number of benzene rings is 1. The SMILES string of the molecule is O=C(NCc1ccccc1)N1CCCN(S(=O)(=O)c2cnc[nH]2)CC1. The van der Waals surface area contributed by atoms with E-state index >= 15 is 0 Å². The van der Waals surface area contributed by atoms with Crippen LogP contribution in [-0.4, -0.2) is 59.8 Å². The van der Waals surface area contributed by atoms with Crippen molar-refractivity contribution < 1.29 is 13.2 Å². The topological polar surface area (TPSA) is 98.4 Å². The highest BCUT2D eigenvalue weighted by atomic mass is 32.2. The number of carbonyl (C=O) groups is 1. The van der Waals surface area contributed by atoms with Crippen LogP contribution < -0.4 is 5.32 Å². The van der Waals surface area contributed by atoms with Crippen LogP contribution in [0.4, 0.5) is 4.79 Å². The van der Waals surface area contributed by atoms with Gasteiger partial charge in [0.05, 0.1) is 12.5 Å². The van der Waals surface area contributed by atoms with Crippen LogP contribution in [0.15, 0.2) is 47.9 Å². The summed E-state index contributed by atoms with van der Waals surface area (Å²) in [6, 6.07) is 9.49. The van der Waals surface area contributed by atoms with E-state index in [0.717, 1.165) is 5.56 Å². The first-order chi connectivity index (χ1) is 12.1. The van der Waals surface area contributed by atoms with Crippen LogP contribution in [0.5, 0.6) is 0 Å². The first-order valence-electron chi connectivity index (χ1n) is 8.12. The molecule has 8 nitrogen and oxygen atoms in total. The second-order valence-corrected chi connectivity index (χ2v) is 7.71. The monoisotopic (exact) mass is 363 g/mol. The summed E-state index contributed by atoms with van der Waals surface area (Å²) >= 11 is 0. The lowest BCUT2D eigenvalue weighted by atomic mass is 10.2. The van der Waals surface area contributed by atoms with E-state index in [1.165, 1.54) is 16.8 Å². The first kappa shape index (κ1) is 17.4. The summed E-state index contributed by atoms with van der Waals surface area (Å²) in [7, 11) is -3.59. The van der Waals surface area contributed by atoms with E-state index in [1.807, 2.05) is 30.3 Å². The number of hydrogen-bond acceptors (Lipinski definition) is 4. The molecule has 2 amide bonds. The minimum absolute atomic E-state index is 0.0782. The summed E-state index contributed by atoms with van der Waals surface area (Å²) in [6.07, 6.45) is 3.23. The Hall–Kier alpha value is -2.39. The molecule has 1 aliphatic rings. The van der Waals surface area contributed by atoms with Crippen LogP contribution in [0.2, 0.25) is 0 Å². The molecular weight excluding hydrogens is 342 g/mol. The van der Waals surface area contributed by atoms with Gasteiger partial charge in [0, 0.05) is 32.7 Å². The lowest BCUT2D eigenvalue weighted by Gasteiger charge is -2.22. The molecule has 0 aliphatic carbocycles. The molecule has 0 unspecified atom stereocenters. The Labute approximate surface area is 146 Å². The van der Waals surface area contributed by atoms with Gasteiger partial charge in [0.25, 0.3) is 10.0 Å². The van der Waals surface area contributed by atoms with Crippen molar-refractivity contribution in [1.82, 2.24) is 24.5 Å². The van der Waals surface area contributed by atoms with Crippen LogP contribution >= 0.6 is 0 Å². The molecule has 2 N–H and O–H groups in total.